The number of pyridine rings is 1. The van der Waals surface area contributed by atoms with Gasteiger partial charge in [0.1, 0.15) is 0 Å². The number of aryl methyl sites for hydroxylation is 1. The van der Waals surface area contributed by atoms with Crippen LogP contribution in [0.5, 0.6) is 0 Å². The number of hydrogen-bond donors (Lipinski definition) is 2. The first-order valence-corrected chi connectivity index (χ1v) is 7.19. The summed E-state index contributed by atoms with van der Waals surface area (Å²) in [5.74, 6) is -1.11. The summed E-state index contributed by atoms with van der Waals surface area (Å²) < 4.78 is 0. The maximum absolute atomic E-state index is 12.5. The Bertz CT molecular complexity index is 723. The highest BCUT2D eigenvalue weighted by Crippen LogP contribution is 2.19. The maximum Gasteiger partial charge on any atom is 0.303 e. The standard InChI is InChI=1S/C17H20N2O3/c1-11-7-8-12-5-4-6-13(15(12)18-11)16(22)19-17(2,3)10-9-14(20)21/h4-8H,9-10H2,1-3H3,(H,19,22)(H,20,21). The van der Waals surface area contributed by atoms with Gasteiger partial charge in [0.15, 0.2) is 0 Å². The average Bonchev–Trinajstić information content (AvgIpc) is 2.44. The molecular weight excluding hydrogens is 280 g/mol. The molecule has 1 aromatic carbocycles. The van der Waals surface area contributed by atoms with E-state index in [-0.39, 0.29) is 12.3 Å². The number of aliphatic carboxylic acids is 1. The monoisotopic (exact) mass is 300 g/mol. The largest absolute Gasteiger partial charge is 0.481 e. The lowest BCUT2D eigenvalue weighted by atomic mass is 9.97. The van der Waals surface area contributed by atoms with Crippen LogP contribution >= 0.6 is 0 Å². The number of fused-ring (bicyclic) bond motifs is 1. The molecule has 2 aromatic rings. The summed E-state index contributed by atoms with van der Waals surface area (Å²) in [5, 5.41) is 12.6. The van der Waals surface area contributed by atoms with Crippen molar-refractivity contribution in [3.8, 4) is 0 Å². The molecule has 0 aliphatic heterocycles. The molecule has 0 fully saturated rings. The average molecular weight is 300 g/mol. The Morgan fingerprint density at radius 3 is 2.64 bits per heavy atom. The van der Waals surface area contributed by atoms with E-state index >= 15 is 0 Å². The normalized spacial score (nSPS) is 11.4. The van der Waals surface area contributed by atoms with Crippen molar-refractivity contribution in [1.82, 2.24) is 10.3 Å². The van der Waals surface area contributed by atoms with Gasteiger partial charge in [-0.15, -0.1) is 0 Å². The second-order valence-corrected chi connectivity index (χ2v) is 6.06. The lowest BCUT2D eigenvalue weighted by Crippen LogP contribution is -2.43. The summed E-state index contributed by atoms with van der Waals surface area (Å²) in [5.41, 5.74) is 1.41. The lowest BCUT2D eigenvalue weighted by Gasteiger charge is -2.25. The molecule has 0 atom stereocenters. The fourth-order valence-corrected chi connectivity index (χ4v) is 2.28. The molecule has 0 radical (unpaired) electrons. The number of amides is 1. The zero-order valence-electron chi connectivity index (χ0n) is 13.0. The number of rotatable bonds is 5. The molecule has 0 saturated carbocycles. The van der Waals surface area contributed by atoms with Crippen LogP contribution in [0, 0.1) is 6.92 Å². The second-order valence-electron chi connectivity index (χ2n) is 6.06. The van der Waals surface area contributed by atoms with Crippen LogP contribution in [-0.4, -0.2) is 27.5 Å². The van der Waals surface area contributed by atoms with Gasteiger partial charge in [-0.2, -0.15) is 0 Å². The van der Waals surface area contributed by atoms with Crippen molar-refractivity contribution in [3.63, 3.8) is 0 Å². The van der Waals surface area contributed by atoms with Gasteiger partial charge in [-0.1, -0.05) is 18.2 Å². The Morgan fingerprint density at radius 1 is 1.23 bits per heavy atom. The molecule has 0 aliphatic carbocycles. The van der Waals surface area contributed by atoms with Crippen molar-refractivity contribution in [3.05, 3.63) is 41.6 Å². The van der Waals surface area contributed by atoms with Crippen molar-refractivity contribution < 1.29 is 14.7 Å². The highest BCUT2D eigenvalue weighted by molar-refractivity contribution is 6.05. The van der Waals surface area contributed by atoms with E-state index in [1.807, 2.05) is 45.0 Å². The van der Waals surface area contributed by atoms with Crippen molar-refractivity contribution in [2.75, 3.05) is 0 Å². The quantitative estimate of drug-likeness (QED) is 0.890. The summed E-state index contributed by atoms with van der Waals surface area (Å²) in [7, 11) is 0. The predicted octanol–water partition coefficient (Wildman–Crippen LogP) is 2.92. The molecule has 0 saturated heterocycles. The summed E-state index contributed by atoms with van der Waals surface area (Å²) in [6, 6.07) is 9.30. The summed E-state index contributed by atoms with van der Waals surface area (Å²) in [6.45, 7) is 5.51. The molecule has 1 aromatic heterocycles. The number of benzene rings is 1. The van der Waals surface area contributed by atoms with E-state index in [1.54, 1.807) is 6.07 Å². The minimum Gasteiger partial charge on any atom is -0.481 e. The lowest BCUT2D eigenvalue weighted by molar-refractivity contribution is -0.137. The van der Waals surface area contributed by atoms with Gasteiger partial charge in [-0.3, -0.25) is 14.6 Å². The van der Waals surface area contributed by atoms with E-state index in [0.29, 0.717) is 17.5 Å². The molecule has 1 amide bonds. The predicted molar refractivity (Wildman–Crippen MR) is 84.9 cm³/mol. The van der Waals surface area contributed by atoms with E-state index in [4.69, 9.17) is 5.11 Å². The van der Waals surface area contributed by atoms with Gasteiger partial charge >= 0.3 is 5.97 Å². The Kier molecular flexibility index (Phi) is 4.45. The molecule has 2 rings (SSSR count). The van der Waals surface area contributed by atoms with Crippen LogP contribution in [0.4, 0.5) is 0 Å². The Balaban J connectivity index is 2.26. The minimum atomic E-state index is -0.871. The van der Waals surface area contributed by atoms with Crippen molar-refractivity contribution >= 4 is 22.8 Å². The van der Waals surface area contributed by atoms with E-state index in [0.717, 1.165) is 11.1 Å². The third kappa shape index (κ3) is 3.81. The molecule has 22 heavy (non-hydrogen) atoms. The van der Waals surface area contributed by atoms with Crippen LogP contribution < -0.4 is 5.32 Å². The number of carboxylic acid groups (broad SMARTS) is 1. The minimum absolute atomic E-state index is 0.0141. The van der Waals surface area contributed by atoms with E-state index in [9.17, 15) is 9.59 Å². The molecule has 0 aliphatic rings. The maximum atomic E-state index is 12.5. The molecule has 0 bridgehead atoms. The fraction of sp³-hybridized carbons (Fsp3) is 0.353. The van der Waals surface area contributed by atoms with E-state index in [2.05, 4.69) is 10.3 Å². The van der Waals surface area contributed by atoms with Crippen molar-refractivity contribution in [1.29, 1.82) is 0 Å². The number of nitrogens with zero attached hydrogens (tertiary/aromatic N) is 1. The first kappa shape index (κ1) is 15.9. The van der Waals surface area contributed by atoms with Crippen LogP contribution in [0.3, 0.4) is 0 Å². The van der Waals surface area contributed by atoms with E-state index in [1.165, 1.54) is 0 Å². The highest BCUT2D eigenvalue weighted by Gasteiger charge is 2.23. The van der Waals surface area contributed by atoms with Gasteiger partial charge in [-0.25, -0.2) is 0 Å². The van der Waals surface area contributed by atoms with Gasteiger partial charge in [0.05, 0.1) is 11.1 Å². The number of para-hydroxylation sites is 1. The first-order valence-electron chi connectivity index (χ1n) is 7.19. The topological polar surface area (TPSA) is 79.3 Å². The molecule has 5 heteroatoms. The molecular formula is C17H20N2O3. The second kappa shape index (κ2) is 6.13. The third-order valence-electron chi connectivity index (χ3n) is 3.52. The number of aromatic nitrogens is 1. The number of hydrogen-bond acceptors (Lipinski definition) is 3. The van der Waals surface area contributed by atoms with Gasteiger partial charge in [0.25, 0.3) is 5.91 Å². The molecule has 5 nitrogen and oxygen atoms in total. The van der Waals surface area contributed by atoms with E-state index < -0.39 is 11.5 Å². The third-order valence-corrected chi connectivity index (χ3v) is 3.52. The van der Waals surface area contributed by atoms with Crippen LogP contribution in [0.15, 0.2) is 30.3 Å². The number of carbonyl (C=O) groups is 2. The van der Waals surface area contributed by atoms with Gasteiger partial charge in [-0.05, 0) is 39.3 Å². The zero-order valence-corrected chi connectivity index (χ0v) is 13.0. The number of carbonyl (C=O) groups excluding carboxylic acids is 1. The Hall–Kier alpha value is -2.43. The molecule has 116 valence electrons. The summed E-state index contributed by atoms with van der Waals surface area (Å²) >= 11 is 0. The van der Waals surface area contributed by atoms with Gasteiger partial charge in [0, 0.05) is 23.0 Å². The fourth-order valence-electron chi connectivity index (χ4n) is 2.28. The zero-order chi connectivity index (χ0) is 16.3. The molecule has 0 unspecified atom stereocenters. The van der Waals surface area contributed by atoms with Gasteiger partial charge < -0.3 is 10.4 Å². The first-order chi connectivity index (χ1) is 10.3. The summed E-state index contributed by atoms with van der Waals surface area (Å²) in [4.78, 5) is 27.7. The summed E-state index contributed by atoms with van der Waals surface area (Å²) in [6.07, 6.45) is 0.380. The number of nitrogens with one attached hydrogen (secondary N) is 1. The van der Waals surface area contributed by atoms with Crippen molar-refractivity contribution in [2.24, 2.45) is 0 Å². The van der Waals surface area contributed by atoms with Crippen molar-refractivity contribution in [2.45, 2.75) is 39.2 Å². The SMILES string of the molecule is Cc1ccc2cccc(C(=O)NC(C)(C)CCC(=O)O)c2n1. The Morgan fingerprint density at radius 2 is 1.95 bits per heavy atom. The van der Waals surface area contributed by atoms with Crippen LogP contribution in [0.25, 0.3) is 10.9 Å². The molecule has 2 N–H and O–H groups in total. The van der Waals surface area contributed by atoms with Crippen LogP contribution in [0.2, 0.25) is 0 Å². The van der Waals surface area contributed by atoms with Gasteiger partial charge in [0.2, 0.25) is 0 Å². The smallest absolute Gasteiger partial charge is 0.303 e. The molecule has 1 heterocycles. The molecule has 0 spiro atoms. The van der Waals surface area contributed by atoms with Crippen LogP contribution in [0.1, 0.15) is 42.7 Å². The highest BCUT2D eigenvalue weighted by atomic mass is 16.4. The van der Waals surface area contributed by atoms with Crippen LogP contribution in [-0.2, 0) is 4.79 Å². The number of carboxylic acids is 1. The Labute approximate surface area is 129 Å².